The van der Waals surface area contributed by atoms with Gasteiger partial charge in [-0.2, -0.15) is 0 Å². The van der Waals surface area contributed by atoms with Crippen LogP contribution in [0.25, 0.3) is 0 Å². The second kappa shape index (κ2) is 9.74. The number of hydrogen-bond acceptors (Lipinski definition) is 5. The van der Waals surface area contributed by atoms with Gasteiger partial charge in [-0.25, -0.2) is 4.79 Å². The molecule has 3 amide bonds. The summed E-state index contributed by atoms with van der Waals surface area (Å²) < 4.78 is 5.00. The van der Waals surface area contributed by atoms with Crippen LogP contribution in [0, 0.1) is 5.92 Å². The third kappa shape index (κ3) is 11.3. The van der Waals surface area contributed by atoms with Crippen LogP contribution < -0.4 is 16.0 Å². The molecule has 1 atom stereocenters. The van der Waals surface area contributed by atoms with Crippen molar-refractivity contribution in [2.75, 3.05) is 13.1 Å². The molecule has 24 heavy (non-hydrogen) atoms. The Hall–Kier alpha value is -2.32. The molecule has 0 spiro atoms. The maximum atomic E-state index is 11.9. The molecule has 0 heterocycles. The van der Waals surface area contributed by atoms with Crippen LogP contribution in [0.3, 0.4) is 0 Å². The predicted molar refractivity (Wildman–Crippen MR) is 86.3 cm³/mol. The van der Waals surface area contributed by atoms with E-state index in [1.54, 1.807) is 20.8 Å². The molecule has 9 nitrogen and oxygen atoms in total. The van der Waals surface area contributed by atoms with Gasteiger partial charge in [-0.3, -0.25) is 14.4 Å². The monoisotopic (exact) mass is 345 g/mol. The number of carboxylic acid groups (broad SMARTS) is 1. The van der Waals surface area contributed by atoms with E-state index < -0.39 is 42.1 Å². The van der Waals surface area contributed by atoms with Crippen LogP contribution in [0.15, 0.2) is 0 Å². The minimum atomic E-state index is -1.18. The molecule has 0 aromatic rings. The van der Waals surface area contributed by atoms with Crippen molar-refractivity contribution >= 4 is 23.9 Å². The number of alkyl carbamates (subject to hydrolysis) is 1. The summed E-state index contributed by atoms with van der Waals surface area (Å²) in [5, 5.41) is 15.6. The highest BCUT2D eigenvalue weighted by molar-refractivity contribution is 5.90. The number of hydrogen-bond donors (Lipinski definition) is 4. The number of aliphatic carboxylic acids is 1. The highest BCUT2D eigenvalue weighted by Crippen LogP contribution is 2.06. The van der Waals surface area contributed by atoms with Gasteiger partial charge >= 0.3 is 12.1 Å². The first-order valence-electron chi connectivity index (χ1n) is 7.66. The van der Waals surface area contributed by atoms with Gasteiger partial charge in [-0.1, -0.05) is 13.8 Å². The molecule has 0 aromatic heterocycles. The Labute approximate surface area is 141 Å². The van der Waals surface area contributed by atoms with Crippen LogP contribution in [-0.4, -0.2) is 53.7 Å². The zero-order valence-corrected chi connectivity index (χ0v) is 14.8. The Balaban J connectivity index is 4.51. The fraction of sp³-hybridized carbons (Fsp3) is 0.733. The summed E-state index contributed by atoms with van der Waals surface area (Å²) in [7, 11) is 0. The number of ether oxygens (including phenoxy) is 1. The molecule has 0 aliphatic carbocycles. The van der Waals surface area contributed by atoms with E-state index in [-0.39, 0.29) is 12.5 Å². The summed E-state index contributed by atoms with van der Waals surface area (Å²) in [5.41, 5.74) is -0.683. The van der Waals surface area contributed by atoms with E-state index in [9.17, 15) is 19.2 Å². The summed E-state index contributed by atoms with van der Waals surface area (Å²) in [6.45, 7) is 7.93. The van der Waals surface area contributed by atoms with Crippen LogP contribution >= 0.6 is 0 Å². The maximum Gasteiger partial charge on any atom is 0.408 e. The zero-order valence-electron chi connectivity index (χ0n) is 14.8. The Bertz CT molecular complexity index is 470. The molecule has 0 unspecified atom stereocenters. The molecule has 138 valence electrons. The SMILES string of the molecule is CC(C)C[C@H](NC(=O)CNC(=O)OC(C)(C)C)C(=O)NCC(=O)O. The van der Waals surface area contributed by atoms with Gasteiger partial charge in [0.15, 0.2) is 0 Å². The molecule has 0 bridgehead atoms. The summed E-state index contributed by atoms with van der Waals surface area (Å²) in [6, 6.07) is -0.878. The third-order valence-corrected chi connectivity index (χ3v) is 2.56. The lowest BCUT2D eigenvalue weighted by Crippen LogP contribution is -2.51. The molecule has 0 aliphatic heterocycles. The van der Waals surface area contributed by atoms with Gasteiger partial charge in [0, 0.05) is 0 Å². The lowest BCUT2D eigenvalue weighted by molar-refractivity contribution is -0.138. The largest absolute Gasteiger partial charge is 0.480 e. The first-order chi connectivity index (χ1) is 10.9. The fourth-order valence-corrected chi connectivity index (χ4v) is 1.70. The van der Waals surface area contributed by atoms with E-state index in [0.717, 1.165) is 0 Å². The molecule has 9 heteroatoms. The predicted octanol–water partition coefficient (Wildman–Crippen LogP) is 0.243. The molecule has 4 N–H and O–H groups in total. The number of nitrogens with one attached hydrogen (secondary N) is 3. The van der Waals surface area contributed by atoms with E-state index in [1.165, 1.54) is 0 Å². The lowest BCUT2D eigenvalue weighted by Gasteiger charge is -2.21. The van der Waals surface area contributed by atoms with Crippen LogP contribution in [-0.2, 0) is 19.1 Å². The van der Waals surface area contributed by atoms with E-state index in [4.69, 9.17) is 9.84 Å². The standard InChI is InChI=1S/C15H27N3O6/c1-9(2)6-10(13(22)16-8-12(20)21)18-11(19)7-17-14(23)24-15(3,4)5/h9-10H,6-8H2,1-5H3,(H,16,22)(H,17,23)(H,18,19)(H,20,21)/t10-/m0/s1. The highest BCUT2D eigenvalue weighted by Gasteiger charge is 2.23. The highest BCUT2D eigenvalue weighted by atomic mass is 16.6. The van der Waals surface area contributed by atoms with Crippen molar-refractivity contribution in [3.8, 4) is 0 Å². The number of carbonyl (C=O) groups excluding carboxylic acids is 3. The average molecular weight is 345 g/mol. The van der Waals surface area contributed by atoms with Gasteiger partial charge in [-0.05, 0) is 33.1 Å². The van der Waals surface area contributed by atoms with Gasteiger partial charge < -0.3 is 25.8 Å². The van der Waals surface area contributed by atoms with Gasteiger partial charge in [-0.15, -0.1) is 0 Å². The molecule has 0 aromatic carbocycles. The minimum Gasteiger partial charge on any atom is -0.480 e. The van der Waals surface area contributed by atoms with Crippen molar-refractivity contribution in [1.82, 2.24) is 16.0 Å². The molecular formula is C15H27N3O6. The van der Waals surface area contributed by atoms with Crippen molar-refractivity contribution in [1.29, 1.82) is 0 Å². The second-order valence-corrected chi connectivity index (χ2v) is 6.72. The molecule has 0 aliphatic rings. The summed E-state index contributed by atoms with van der Waals surface area (Å²) >= 11 is 0. The van der Waals surface area contributed by atoms with Crippen molar-refractivity contribution in [3.63, 3.8) is 0 Å². The summed E-state index contributed by atoms with van der Waals surface area (Å²) in [4.78, 5) is 45.8. The molecule has 0 rings (SSSR count). The first kappa shape index (κ1) is 21.7. The molecule has 0 saturated heterocycles. The molecule has 0 fully saturated rings. The van der Waals surface area contributed by atoms with Crippen LogP contribution in [0.5, 0.6) is 0 Å². The quantitative estimate of drug-likeness (QED) is 0.498. The normalized spacial score (nSPS) is 12.2. The topological polar surface area (TPSA) is 134 Å². The van der Waals surface area contributed by atoms with Crippen molar-refractivity contribution < 1.29 is 29.0 Å². The molecular weight excluding hydrogens is 318 g/mol. The van der Waals surface area contributed by atoms with Crippen molar-refractivity contribution in [2.45, 2.75) is 52.7 Å². The summed E-state index contributed by atoms with van der Waals surface area (Å²) in [5.74, 6) is -2.23. The molecule has 0 radical (unpaired) electrons. The van der Waals surface area contributed by atoms with Crippen molar-refractivity contribution in [2.24, 2.45) is 5.92 Å². The number of rotatable bonds is 8. The van der Waals surface area contributed by atoms with Gasteiger partial charge in [0.05, 0.1) is 0 Å². The van der Waals surface area contributed by atoms with Crippen LogP contribution in [0.2, 0.25) is 0 Å². The zero-order chi connectivity index (χ0) is 18.9. The van der Waals surface area contributed by atoms with Gasteiger partial charge in [0.25, 0.3) is 0 Å². The van der Waals surface area contributed by atoms with Crippen LogP contribution in [0.4, 0.5) is 4.79 Å². The minimum absolute atomic E-state index is 0.102. The number of carboxylic acids is 1. The Morgan fingerprint density at radius 3 is 2.08 bits per heavy atom. The smallest absolute Gasteiger partial charge is 0.408 e. The van der Waals surface area contributed by atoms with E-state index in [2.05, 4.69) is 16.0 Å². The van der Waals surface area contributed by atoms with Gasteiger partial charge in [0.1, 0.15) is 24.7 Å². The lowest BCUT2D eigenvalue weighted by atomic mass is 10.0. The van der Waals surface area contributed by atoms with Gasteiger partial charge in [0.2, 0.25) is 11.8 Å². The van der Waals surface area contributed by atoms with Crippen molar-refractivity contribution in [3.05, 3.63) is 0 Å². The maximum absolute atomic E-state index is 11.9. The van der Waals surface area contributed by atoms with E-state index >= 15 is 0 Å². The second-order valence-electron chi connectivity index (χ2n) is 6.72. The fourth-order valence-electron chi connectivity index (χ4n) is 1.70. The Morgan fingerprint density at radius 1 is 1.04 bits per heavy atom. The Kier molecular flexibility index (Phi) is 8.80. The summed E-state index contributed by atoms with van der Waals surface area (Å²) in [6.07, 6.45) is -0.405. The average Bonchev–Trinajstić information content (AvgIpc) is 2.39. The number of amides is 3. The first-order valence-corrected chi connectivity index (χ1v) is 7.66. The Morgan fingerprint density at radius 2 is 1.62 bits per heavy atom. The number of carbonyl (C=O) groups is 4. The molecule has 0 saturated carbocycles. The van der Waals surface area contributed by atoms with E-state index in [0.29, 0.717) is 6.42 Å². The van der Waals surface area contributed by atoms with Crippen LogP contribution in [0.1, 0.15) is 41.0 Å². The third-order valence-electron chi connectivity index (χ3n) is 2.56. The van der Waals surface area contributed by atoms with E-state index in [1.807, 2.05) is 13.8 Å².